The molecule has 0 aliphatic rings. The summed E-state index contributed by atoms with van der Waals surface area (Å²) in [5.74, 6) is 0.601. The van der Waals surface area contributed by atoms with Gasteiger partial charge < -0.3 is 10.1 Å². The number of halogens is 3. The minimum atomic E-state index is -0.201. The third kappa shape index (κ3) is 6.24. The monoisotopic (exact) mass is 403 g/mol. The Balaban J connectivity index is 1.41. The van der Waals surface area contributed by atoms with Gasteiger partial charge in [-0.2, -0.15) is 0 Å². The van der Waals surface area contributed by atoms with Gasteiger partial charge in [0.25, 0.3) is 0 Å². The summed E-state index contributed by atoms with van der Waals surface area (Å²) in [4.78, 5) is 0. The fourth-order valence-corrected chi connectivity index (χ4v) is 2.94. The molecule has 0 unspecified atom stereocenters. The van der Waals surface area contributed by atoms with Crippen molar-refractivity contribution in [3.8, 4) is 5.75 Å². The van der Waals surface area contributed by atoms with Crippen molar-refractivity contribution in [1.82, 2.24) is 5.32 Å². The Hall–Kier alpha value is -2.07. The van der Waals surface area contributed by atoms with Gasteiger partial charge in [-0.1, -0.05) is 53.5 Å². The van der Waals surface area contributed by atoms with E-state index in [4.69, 9.17) is 27.9 Å². The highest BCUT2D eigenvalue weighted by Gasteiger charge is 2.01. The van der Waals surface area contributed by atoms with E-state index in [0.29, 0.717) is 16.7 Å². The Morgan fingerprint density at radius 2 is 1.44 bits per heavy atom. The minimum Gasteiger partial charge on any atom is -0.489 e. The Morgan fingerprint density at radius 3 is 2.15 bits per heavy atom. The standard InChI is InChI=1S/C22H20Cl2FNO/c23-21-10-5-18(13-22(21)24)15-27-20-8-3-17(4-9-20)14-26-12-11-16-1-6-19(25)7-2-16/h1-10,13,26H,11-12,14-15H2. The second kappa shape index (κ2) is 9.75. The van der Waals surface area contributed by atoms with Gasteiger partial charge in [-0.3, -0.25) is 0 Å². The van der Waals surface area contributed by atoms with Crippen LogP contribution in [-0.2, 0) is 19.6 Å². The number of nitrogens with one attached hydrogen (secondary N) is 1. The molecule has 0 fully saturated rings. The molecule has 0 spiro atoms. The summed E-state index contributed by atoms with van der Waals surface area (Å²) in [7, 11) is 0. The van der Waals surface area contributed by atoms with Crippen molar-refractivity contribution in [3.05, 3.63) is 99.3 Å². The van der Waals surface area contributed by atoms with Crippen LogP contribution in [0.1, 0.15) is 16.7 Å². The molecule has 0 amide bonds. The lowest BCUT2D eigenvalue weighted by atomic mass is 10.1. The maximum Gasteiger partial charge on any atom is 0.123 e. The van der Waals surface area contributed by atoms with Crippen LogP contribution in [0.3, 0.4) is 0 Å². The van der Waals surface area contributed by atoms with Crippen molar-refractivity contribution in [1.29, 1.82) is 0 Å². The predicted molar refractivity (Wildman–Crippen MR) is 109 cm³/mol. The van der Waals surface area contributed by atoms with Gasteiger partial charge in [-0.15, -0.1) is 0 Å². The molecule has 0 saturated heterocycles. The lowest BCUT2D eigenvalue weighted by Gasteiger charge is -2.09. The molecule has 2 nitrogen and oxygen atoms in total. The van der Waals surface area contributed by atoms with E-state index in [1.165, 1.54) is 17.7 Å². The van der Waals surface area contributed by atoms with Crippen LogP contribution in [0.2, 0.25) is 10.0 Å². The minimum absolute atomic E-state index is 0.201. The number of benzene rings is 3. The van der Waals surface area contributed by atoms with Crippen LogP contribution in [-0.4, -0.2) is 6.54 Å². The summed E-state index contributed by atoms with van der Waals surface area (Å²) in [6, 6.07) is 20.1. The Labute approximate surface area is 168 Å². The number of hydrogen-bond acceptors (Lipinski definition) is 2. The van der Waals surface area contributed by atoms with Crippen molar-refractivity contribution in [2.24, 2.45) is 0 Å². The lowest BCUT2D eigenvalue weighted by molar-refractivity contribution is 0.306. The highest BCUT2D eigenvalue weighted by Crippen LogP contribution is 2.23. The van der Waals surface area contributed by atoms with E-state index < -0.39 is 0 Å². The zero-order chi connectivity index (χ0) is 19.1. The summed E-state index contributed by atoms with van der Waals surface area (Å²) in [6.45, 7) is 2.04. The van der Waals surface area contributed by atoms with Crippen LogP contribution in [0.5, 0.6) is 5.75 Å². The van der Waals surface area contributed by atoms with Crippen molar-refractivity contribution >= 4 is 23.2 Å². The molecule has 0 heterocycles. The molecular weight excluding hydrogens is 384 g/mol. The number of hydrogen-bond donors (Lipinski definition) is 1. The van der Waals surface area contributed by atoms with Gasteiger partial charge in [-0.25, -0.2) is 4.39 Å². The summed E-state index contributed by atoms with van der Waals surface area (Å²) in [5.41, 5.74) is 3.27. The summed E-state index contributed by atoms with van der Waals surface area (Å²) < 4.78 is 18.7. The van der Waals surface area contributed by atoms with E-state index in [-0.39, 0.29) is 5.82 Å². The molecular formula is C22H20Cl2FNO. The highest BCUT2D eigenvalue weighted by molar-refractivity contribution is 6.42. The largest absolute Gasteiger partial charge is 0.489 e. The fourth-order valence-electron chi connectivity index (χ4n) is 2.62. The first-order valence-electron chi connectivity index (χ1n) is 8.71. The molecule has 0 aliphatic carbocycles. The van der Waals surface area contributed by atoms with E-state index in [2.05, 4.69) is 5.32 Å². The molecule has 0 aliphatic heterocycles. The number of rotatable bonds is 8. The first-order chi connectivity index (χ1) is 13.1. The van der Waals surface area contributed by atoms with Crippen LogP contribution in [0, 0.1) is 5.82 Å². The van der Waals surface area contributed by atoms with Crippen LogP contribution >= 0.6 is 23.2 Å². The van der Waals surface area contributed by atoms with Crippen molar-refractivity contribution in [2.75, 3.05) is 6.54 Å². The molecule has 27 heavy (non-hydrogen) atoms. The van der Waals surface area contributed by atoms with E-state index >= 15 is 0 Å². The Bertz CT molecular complexity index is 866. The molecule has 3 aromatic carbocycles. The van der Waals surface area contributed by atoms with Crippen LogP contribution in [0.25, 0.3) is 0 Å². The van der Waals surface area contributed by atoms with Gasteiger partial charge >= 0.3 is 0 Å². The van der Waals surface area contributed by atoms with Crippen molar-refractivity contribution in [2.45, 2.75) is 19.6 Å². The van der Waals surface area contributed by atoms with Gasteiger partial charge in [0.1, 0.15) is 18.2 Å². The zero-order valence-corrected chi connectivity index (χ0v) is 16.2. The van der Waals surface area contributed by atoms with E-state index in [9.17, 15) is 4.39 Å². The Morgan fingerprint density at radius 1 is 0.778 bits per heavy atom. The highest BCUT2D eigenvalue weighted by atomic mass is 35.5. The first-order valence-corrected chi connectivity index (χ1v) is 9.46. The summed E-state index contributed by atoms with van der Waals surface area (Å²) in [5, 5.41) is 4.46. The average Bonchev–Trinajstić information content (AvgIpc) is 2.68. The van der Waals surface area contributed by atoms with Gasteiger partial charge in [0.15, 0.2) is 0 Å². The van der Waals surface area contributed by atoms with Crippen LogP contribution in [0.15, 0.2) is 66.7 Å². The maximum absolute atomic E-state index is 12.9. The molecule has 0 atom stereocenters. The molecule has 0 saturated carbocycles. The molecule has 0 radical (unpaired) electrons. The van der Waals surface area contributed by atoms with E-state index in [1.54, 1.807) is 6.07 Å². The van der Waals surface area contributed by atoms with Crippen molar-refractivity contribution in [3.63, 3.8) is 0 Å². The van der Waals surface area contributed by atoms with Crippen LogP contribution in [0.4, 0.5) is 4.39 Å². The normalized spacial score (nSPS) is 10.8. The summed E-state index contributed by atoms with van der Waals surface area (Å²) >= 11 is 11.9. The molecule has 0 aromatic heterocycles. The van der Waals surface area contributed by atoms with Gasteiger partial charge in [0.05, 0.1) is 10.0 Å². The predicted octanol–water partition coefficient (Wildman–Crippen LogP) is 6.04. The zero-order valence-electron chi connectivity index (χ0n) is 14.7. The molecule has 0 bridgehead atoms. The van der Waals surface area contributed by atoms with Gasteiger partial charge in [-0.05, 0) is 66.1 Å². The van der Waals surface area contributed by atoms with Gasteiger partial charge in [0.2, 0.25) is 0 Å². The topological polar surface area (TPSA) is 21.3 Å². The second-order valence-corrected chi connectivity index (χ2v) is 7.05. The molecule has 3 rings (SSSR count). The SMILES string of the molecule is Fc1ccc(CCNCc2ccc(OCc3ccc(Cl)c(Cl)c3)cc2)cc1. The lowest BCUT2D eigenvalue weighted by Crippen LogP contribution is -2.16. The molecule has 140 valence electrons. The molecule has 5 heteroatoms. The molecule has 3 aromatic rings. The van der Waals surface area contributed by atoms with Crippen LogP contribution < -0.4 is 10.1 Å². The van der Waals surface area contributed by atoms with Crippen molar-refractivity contribution < 1.29 is 9.13 Å². The number of ether oxygens (including phenoxy) is 1. The third-order valence-electron chi connectivity index (χ3n) is 4.15. The van der Waals surface area contributed by atoms with Gasteiger partial charge in [0, 0.05) is 6.54 Å². The first kappa shape index (κ1) is 19.7. The summed E-state index contributed by atoms with van der Waals surface area (Å²) in [6.07, 6.45) is 0.866. The fraction of sp³-hybridized carbons (Fsp3) is 0.182. The third-order valence-corrected chi connectivity index (χ3v) is 4.88. The smallest absolute Gasteiger partial charge is 0.123 e. The molecule has 1 N–H and O–H groups in total. The maximum atomic E-state index is 12.9. The quantitative estimate of drug-likeness (QED) is 0.462. The second-order valence-electron chi connectivity index (χ2n) is 6.23. The van der Waals surface area contributed by atoms with E-state index in [1.807, 2.05) is 48.5 Å². The average molecular weight is 404 g/mol. The Kier molecular flexibility index (Phi) is 7.11. The van der Waals surface area contributed by atoms with E-state index in [0.717, 1.165) is 36.4 Å².